The summed E-state index contributed by atoms with van der Waals surface area (Å²) in [6.45, 7) is 0. The molecule has 1 aliphatic heterocycles. The fraction of sp³-hybridized carbons (Fsp3) is 0.0455. The summed E-state index contributed by atoms with van der Waals surface area (Å²) in [4.78, 5) is 26.0. The fourth-order valence-electron chi connectivity index (χ4n) is 3.04. The second-order valence-electron chi connectivity index (χ2n) is 6.54. The Hall–Kier alpha value is -2.78. The number of amides is 1. The molecule has 1 amide bonds. The molecule has 1 fully saturated rings. The quantitative estimate of drug-likeness (QED) is 0.318. The number of ether oxygens (including phenoxy) is 1. The number of rotatable bonds is 5. The molecule has 3 aromatic rings. The molecule has 6 nitrogen and oxygen atoms in total. The molecule has 1 saturated heterocycles. The summed E-state index contributed by atoms with van der Waals surface area (Å²) >= 11 is 18.9. The molecular weight excluding hydrogens is 493 g/mol. The predicted molar refractivity (Wildman–Crippen MR) is 130 cm³/mol. The average Bonchev–Trinajstić information content (AvgIpc) is 3.32. The van der Waals surface area contributed by atoms with Crippen molar-refractivity contribution in [2.75, 3.05) is 12.0 Å². The third-order valence-electron chi connectivity index (χ3n) is 4.57. The highest BCUT2D eigenvalue weighted by Crippen LogP contribution is 2.39. The van der Waals surface area contributed by atoms with Crippen LogP contribution in [0.2, 0.25) is 10.0 Å². The van der Waals surface area contributed by atoms with Crippen LogP contribution in [0.4, 0.5) is 5.69 Å². The number of thioether (sulfide) groups is 1. The second-order valence-corrected chi connectivity index (χ2v) is 9.03. The molecule has 0 aliphatic carbocycles. The summed E-state index contributed by atoms with van der Waals surface area (Å²) in [5.41, 5.74) is 1.05. The Morgan fingerprint density at radius 1 is 1.16 bits per heavy atom. The van der Waals surface area contributed by atoms with Gasteiger partial charge in [0.1, 0.15) is 17.3 Å². The molecule has 0 bridgehead atoms. The third-order valence-corrected chi connectivity index (χ3v) is 6.49. The van der Waals surface area contributed by atoms with Crippen LogP contribution in [0.3, 0.4) is 0 Å². The largest absolute Gasteiger partial charge is 0.495 e. The van der Waals surface area contributed by atoms with Crippen molar-refractivity contribution in [3.8, 4) is 17.1 Å². The molecule has 32 heavy (non-hydrogen) atoms. The SMILES string of the molecule is COc1ccc(N2C(=O)/C(=C/c3ccc(-c4cc(C(=O)O)ccc4Cl)o3)SC2=S)cc1Cl. The standard InChI is InChI=1S/C22H13Cl2NO5S2/c1-29-18-6-3-12(9-16(18)24)25-20(26)19(32-22(25)31)10-13-4-7-17(30-13)14-8-11(21(27)28)2-5-15(14)23/h2-10H,1H3,(H,27,28)/b19-10-. The zero-order chi connectivity index (χ0) is 23.0. The van der Waals surface area contributed by atoms with Gasteiger partial charge in [-0.25, -0.2) is 4.79 Å². The Kier molecular flexibility index (Phi) is 6.30. The van der Waals surface area contributed by atoms with Gasteiger partial charge in [0.15, 0.2) is 4.32 Å². The number of carboxylic acids is 1. The number of benzene rings is 2. The van der Waals surface area contributed by atoms with Gasteiger partial charge in [-0.15, -0.1) is 0 Å². The minimum absolute atomic E-state index is 0.0846. The fourth-order valence-corrected chi connectivity index (χ4v) is 4.78. The Labute approximate surface area is 202 Å². The lowest BCUT2D eigenvalue weighted by Gasteiger charge is -2.15. The van der Waals surface area contributed by atoms with E-state index in [1.807, 2.05) is 0 Å². The molecule has 0 unspecified atom stereocenters. The maximum Gasteiger partial charge on any atom is 0.335 e. The van der Waals surface area contributed by atoms with Crippen LogP contribution in [0.1, 0.15) is 16.1 Å². The topological polar surface area (TPSA) is 80.0 Å². The predicted octanol–water partition coefficient (Wildman–Crippen LogP) is 6.37. The van der Waals surface area contributed by atoms with Crippen LogP contribution in [0.15, 0.2) is 57.9 Å². The first-order valence-electron chi connectivity index (χ1n) is 9.03. The first kappa shape index (κ1) is 22.4. The Balaban J connectivity index is 1.62. The zero-order valence-electron chi connectivity index (χ0n) is 16.3. The van der Waals surface area contributed by atoms with Gasteiger partial charge in [-0.05, 0) is 48.5 Å². The van der Waals surface area contributed by atoms with E-state index in [1.165, 1.54) is 30.2 Å². The molecule has 2 heterocycles. The zero-order valence-corrected chi connectivity index (χ0v) is 19.4. The number of hydrogen-bond acceptors (Lipinski definition) is 6. The van der Waals surface area contributed by atoms with E-state index in [4.69, 9.17) is 44.6 Å². The molecule has 0 radical (unpaired) electrons. The number of thiocarbonyl (C=S) groups is 1. The van der Waals surface area contributed by atoms with Crippen molar-refractivity contribution in [1.29, 1.82) is 0 Å². The lowest BCUT2D eigenvalue weighted by atomic mass is 10.1. The maximum absolute atomic E-state index is 13.0. The van der Waals surface area contributed by atoms with Crippen molar-refractivity contribution in [3.63, 3.8) is 0 Å². The number of methoxy groups -OCH3 is 1. The maximum atomic E-state index is 13.0. The van der Waals surface area contributed by atoms with Gasteiger partial charge in [0.25, 0.3) is 5.91 Å². The van der Waals surface area contributed by atoms with E-state index in [0.29, 0.717) is 47.8 Å². The molecule has 0 atom stereocenters. The number of aromatic carboxylic acids is 1. The highest BCUT2D eigenvalue weighted by atomic mass is 35.5. The van der Waals surface area contributed by atoms with E-state index in [1.54, 1.807) is 36.4 Å². The first-order chi connectivity index (χ1) is 15.3. The van der Waals surface area contributed by atoms with E-state index in [9.17, 15) is 14.7 Å². The summed E-state index contributed by atoms with van der Waals surface area (Å²) in [5, 5.41) is 9.91. The van der Waals surface area contributed by atoms with Gasteiger partial charge in [-0.1, -0.05) is 47.2 Å². The van der Waals surface area contributed by atoms with Crippen LogP contribution in [0.25, 0.3) is 17.4 Å². The summed E-state index contributed by atoms with van der Waals surface area (Å²) in [6.07, 6.45) is 1.57. The minimum Gasteiger partial charge on any atom is -0.495 e. The molecule has 1 aliphatic rings. The van der Waals surface area contributed by atoms with Gasteiger partial charge in [0.05, 0.1) is 33.3 Å². The van der Waals surface area contributed by atoms with Gasteiger partial charge >= 0.3 is 5.97 Å². The Morgan fingerprint density at radius 3 is 2.62 bits per heavy atom. The molecule has 1 N–H and O–H groups in total. The lowest BCUT2D eigenvalue weighted by Crippen LogP contribution is -2.27. The Bertz CT molecular complexity index is 1300. The number of halogens is 2. The van der Waals surface area contributed by atoms with Crippen molar-refractivity contribution in [2.24, 2.45) is 0 Å². The van der Waals surface area contributed by atoms with E-state index >= 15 is 0 Å². The van der Waals surface area contributed by atoms with Crippen LogP contribution in [0.5, 0.6) is 5.75 Å². The molecule has 0 saturated carbocycles. The molecule has 2 aromatic carbocycles. The highest BCUT2D eigenvalue weighted by molar-refractivity contribution is 8.27. The van der Waals surface area contributed by atoms with Gasteiger partial charge < -0.3 is 14.3 Å². The van der Waals surface area contributed by atoms with Crippen molar-refractivity contribution < 1.29 is 23.8 Å². The number of nitrogens with zero attached hydrogens (tertiary/aromatic N) is 1. The van der Waals surface area contributed by atoms with Crippen LogP contribution >= 0.6 is 47.2 Å². The van der Waals surface area contributed by atoms with Crippen LogP contribution < -0.4 is 9.64 Å². The van der Waals surface area contributed by atoms with E-state index < -0.39 is 5.97 Å². The number of carbonyl (C=O) groups excluding carboxylic acids is 1. The minimum atomic E-state index is -1.07. The van der Waals surface area contributed by atoms with Gasteiger partial charge in [0.2, 0.25) is 0 Å². The summed E-state index contributed by atoms with van der Waals surface area (Å²) in [6, 6.07) is 12.6. The Morgan fingerprint density at radius 2 is 1.94 bits per heavy atom. The monoisotopic (exact) mass is 505 g/mol. The normalized spacial score (nSPS) is 15.0. The smallest absolute Gasteiger partial charge is 0.335 e. The van der Waals surface area contributed by atoms with Crippen LogP contribution in [0, 0.1) is 0 Å². The summed E-state index contributed by atoms with van der Waals surface area (Å²) < 4.78 is 11.3. The summed E-state index contributed by atoms with van der Waals surface area (Å²) in [5.74, 6) is -0.126. The number of anilines is 1. The van der Waals surface area contributed by atoms with Crippen molar-refractivity contribution in [2.45, 2.75) is 0 Å². The number of hydrogen-bond donors (Lipinski definition) is 1. The first-order valence-corrected chi connectivity index (χ1v) is 11.0. The van der Waals surface area contributed by atoms with Gasteiger partial charge in [-0.2, -0.15) is 0 Å². The molecule has 162 valence electrons. The van der Waals surface area contributed by atoms with E-state index in [-0.39, 0.29) is 11.5 Å². The summed E-state index contributed by atoms with van der Waals surface area (Å²) in [7, 11) is 1.51. The van der Waals surface area contributed by atoms with E-state index in [2.05, 4.69) is 0 Å². The van der Waals surface area contributed by atoms with E-state index in [0.717, 1.165) is 11.8 Å². The average molecular weight is 506 g/mol. The van der Waals surface area contributed by atoms with Crippen molar-refractivity contribution in [1.82, 2.24) is 0 Å². The van der Waals surface area contributed by atoms with Crippen molar-refractivity contribution in [3.05, 3.63) is 74.8 Å². The number of carboxylic acid groups (broad SMARTS) is 1. The van der Waals surface area contributed by atoms with Gasteiger partial charge in [0, 0.05) is 11.6 Å². The molecule has 1 aromatic heterocycles. The molecular formula is C22H13Cl2NO5S2. The molecule has 0 spiro atoms. The molecule has 10 heteroatoms. The number of furan rings is 1. The van der Waals surface area contributed by atoms with Crippen LogP contribution in [-0.2, 0) is 4.79 Å². The third kappa shape index (κ3) is 4.27. The van der Waals surface area contributed by atoms with Crippen LogP contribution in [-0.4, -0.2) is 28.4 Å². The van der Waals surface area contributed by atoms with Gasteiger partial charge in [-0.3, -0.25) is 9.69 Å². The number of carbonyl (C=O) groups is 2. The highest BCUT2D eigenvalue weighted by Gasteiger charge is 2.34. The molecule has 4 rings (SSSR count). The second kappa shape index (κ2) is 8.99. The lowest BCUT2D eigenvalue weighted by molar-refractivity contribution is -0.113. The van der Waals surface area contributed by atoms with Crippen molar-refractivity contribution >= 4 is 75.1 Å².